The molecular weight excluding hydrogens is 550 g/mol. The summed E-state index contributed by atoms with van der Waals surface area (Å²) in [6, 6.07) is 3.90. The van der Waals surface area contributed by atoms with Crippen molar-refractivity contribution in [2.75, 3.05) is 39.4 Å². The Morgan fingerprint density at radius 2 is 1.14 bits per heavy atom. The SMILES string of the molecule is CCCCCCCCCCCCCC(=O)OCC[N+]1(CCOC(=O)Cc2cc(C(C)(C)C)c(O)c(C(C)(C)C)c2)CCCC1. The van der Waals surface area contributed by atoms with Crippen molar-refractivity contribution >= 4 is 11.9 Å². The number of phenolic OH excluding ortho intramolecular Hbond substituents is 1. The maximum absolute atomic E-state index is 12.9. The van der Waals surface area contributed by atoms with Crippen molar-refractivity contribution in [1.29, 1.82) is 0 Å². The predicted octanol–water partition coefficient (Wildman–Crippen LogP) is 8.93. The Morgan fingerprint density at radius 1 is 0.705 bits per heavy atom. The molecule has 0 unspecified atom stereocenters. The van der Waals surface area contributed by atoms with E-state index in [-0.39, 0.29) is 29.2 Å². The molecule has 6 heteroatoms. The molecule has 1 aliphatic rings. The van der Waals surface area contributed by atoms with E-state index in [9.17, 15) is 14.7 Å². The van der Waals surface area contributed by atoms with Crippen LogP contribution < -0.4 is 0 Å². The van der Waals surface area contributed by atoms with Gasteiger partial charge >= 0.3 is 11.9 Å². The quantitative estimate of drug-likeness (QED) is 0.0900. The van der Waals surface area contributed by atoms with Gasteiger partial charge in [0.2, 0.25) is 0 Å². The number of esters is 2. The molecule has 0 saturated carbocycles. The minimum atomic E-state index is -0.244. The summed E-state index contributed by atoms with van der Waals surface area (Å²) in [6.45, 7) is 19.1. The first-order valence-corrected chi connectivity index (χ1v) is 17.8. The number of phenols is 1. The highest BCUT2D eigenvalue weighted by molar-refractivity contribution is 5.73. The number of benzene rings is 1. The summed E-state index contributed by atoms with van der Waals surface area (Å²) in [5.41, 5.74) is 2.09. The average Bonchev–Trinajstić information content (AvgIpc) is 3.40. The van der Waals surface area contributed by atoms with Crippen molar-refractivity contribution in [2.24, 2.45) is 0 Å². The highest BCUT2D eigenvalue weighted by Crippen LogP contribution is 2.40. The first kappa shape index (κ1) is 38.1. The fraction of sp³-hybridized carbons (Fsp3) is 0.789. The number of carbonyl (C=O) groups excluding carboxylic acids is 2. The lowest BCUT2D eigenvalue weighted by atomic mass is 9.78. The van der Waals surface area contributed by atoms with Gasteiger partial charge in [-0.2, -0.15) is 0 Å². The predicted molar refractivity (Wildman–Crippen MR) is 181 cm³/mol. The zero-order valence-electron chi connectivity index (χ0n) is 29.5. The molecule has 1 N–H and O–H groups in total. The van der Waals surface area contributed by atoms with Crippen molar-refractivity contribution in [1.82, 2.24) is 0 Å². The van der Waals surface area contributed by atoms with Crippen LogP contribution >= 0.6 is 0 Å². The molecule has 1 aromatic carbocycles. The molecule has 252 valence electrons. The molecule has 0 amide bonds. The van der Waals surface area contributed by atoms with Crippen LogP contribution in [0.3, 0.4) is 0 Å². The van der Waals surface area contributed by atoms with Crippen LogP contribution in [0.1, 0.15) is 155 Å². The number of carbonyl (C=O) groups is 2. The van der Waals surface area contributed by atoms with E-state index in [0.717, 1.165) is 73.0 Å². The van der Waals surface area contributed by atoms with Gasteiger partial charge in [0.25, 0.3) is 0 Å². The summed E-state index contributed by atoms with van der Waals surface area (Å²) in [6.07, 6.45) is 17.0. The number of ether oxygens (including phenoxy) is 2. The lowest BCUT2D eigenvalue weighted by Gasteiger charge is -2.33. The zero-order valence-corrected chi connectivity index (χ0v) is 29.5. The third kappa shape index (κ3) is 13.9. The van der Waals surface area contributed by atoms with Crippen LogP contribution in [-0.2, 0) is 36.3 Å². The second-order valence-electron chi connectivity index (χ2n) is 15.4. The number of nitrogens with zero attached hydrogens (tertiary/aromatic N) is 1. The van der Waals surface area contributed by atoms with Crippen LogP contribution in [0, 0.1) is 0 Å². The topological polar surface area (TPSA) is 72.8 Å². The average molecular weight is 617 g/mol. The first-order valence-electron chi connectivity index (χ1n) is 17.8. The van der Waals surface area contributed by atoms with Gasteiger partial charge in [0.05, 0.1) is 19.5 Å². The number of unbranched alkanes of at least 4 members (excludes halogenated alkanes) is 10. The maximum Gasteiger partial charge on any atom is 0.310 e. The smallest absolute Gasteiger partial charge is 0.310 e. The van der Waals surface area contributed by atoms with E-state index in [2.05, 4.69) is 48.5 Å². The number of quaternary nitrogens is 1. The van der Waals surface area contributed by atoms with Crippen LogP contribution in [-0.4, -0.2) is 60.9 Å². The Balaban J connectivity index is 1.71. The molecule has 0 aromatic heterocycles. The highest BCUT2D eigenvalue weighted by Gasteiger charge is 2.32. The summed E-state index contributed by atoms with van der Waals surface area (Å²) in [5.74, 6) is -0.00361. The van der Waals surface area contributed by atoms with E-state index in [1.54, 1.807) is 0 Å². The molecule has 0 atom stereocenters. The molecule has 44 heavy (non-hydrogen) atoms. The molecule has 0 radical (unpaired) electrons. The summed E-state index contributed by atoms with van der Waals surface area (Å²) in [4.78, 5) is 25.2. The van der Waals surface area contributed by atoms with E-state index in [1.165, 1.54) is 57.8 Å². The molecular formula is C38H66NO5+. The maximum atomic E-state index is 12.9. The normalized spacial score (nSPS) is 15.0. The number of rotatable bonds is 20. The Bertz CT molecular complexity index is 962. The van der Waals surface area contributed by atoms with Gasteiger partial charge in [-0.1, -0.05) is 125 Å². The van der Waals surface area contributed by atoms with Crippen molar-refractivity contribution in [3.05, 3.63) is 28.8 Å². The Labute approximate surface area is 269 Å². The van der Waals surface area contributed by atoms with E-state index >= 15 is 0 Å². The lowest BCUT2D eigenvalue weighted by Crippen LogP contribution is -2.50. The Morgan fingerprint density at radius 3 is 1.59 bits per heavy atom. The van der Waals surface area contributed by atoms with Gasteiger partial charge in [-0.3, -0.25) is 9.59 Å². The molecule has 1 aromatic rings. The monoisotopic (exact) mass is 616 g/mol. The number of hydrogen-bond acceptors (Lipinski definition) is 5. The molecule has 6 nitrogen and oxygen atoms in total. The molecule has 0 aliphatic carbocycles. The van der Waals surface area contributed by atoms with Crippen LogP contribution in [0.15, 0.2) is 12.1 Å². The third-order valence-corrected chi connectivity index (χ3v) is 9.29. The van der Waals surface area contributed by atoms with E-state index in [1.807, 2.05) is 12.1 Å². The summed E-state index contributed by atoms with van der Waals surface area (Å²) >= 11 is 0. The fourth-order valence-electron chi connectivity index (χ4n) is 6.43. The van der Waals surface area contributed by atoms with Gasteiger partial charge in [0, 0.05) is 19.3 Å². The molecule has 1 heterocycles. The number of likely N-dealkylation sites (tertiary alicyclic amines) is 1. The molecule has 2 rings (SSSR count). The van der Waals surface area contributed by atoms with Gasteiger partial charge < -0.3 is 19.1 Å². The summed E-state index contributed by atoms with van der Waals surface area (Å²) < 4.78 is 12.2. The molecule has 0 bridgehead atoms. The second-order valence-corrected chi connectivity index (χ2v) is 15.4. The molecule has 1 saturated heterocycles. The van der Waals surface area contributed by atoms with Crippen molar-refractivity contribution in [3.63, 3.8) is 0 Å². The highest BCUT2D eigenvalue weighted by atomic mass is 16.5. The molecule has 0 spiro atoms. The van der Waals surface area contributed by atoms with E-state index < -0.39 is 0 Å². The standard InChI is InChI=1S/C38H65NO5/c1-8-9-10-11-12-13-14-15-16-17-18-21-34(40)43-26-24-39(22-19-20-23-39)25-27-44-35(41)30-31-28-32(37(2,3)4)36(42)33(29-31)38(5,6)7/h28-29H,8-27,30H2,1-7H3/p+1. The van der Waals surface area contributed by atoms with Crippen LogP contribution in [0.4, 0.5) is 0 Å². The second kappa shape index (κ2) is 18.8. The largest absolute Gasteiger partial charge is 0.507 e. The lowest BCUT2D eigenvalue weighted by molar-refractivity contribution is -0.917. The summed E-state index contributed by atoms with van der Waals surface area (Å²) in [7, 11) is 0. The van der Waals surface area contributed by atoms with Gasteiger partial charge in [0.1, 0.15) is 32.1 Å². The minimum absolute atomic E-state index is 0.0807. The van der Waals surface area contributed by atoms with Crippen molar-refractivity contribution < 1.29 is 28.7 Å². The van der Waals surface area contributed by atoms with Crippen LogP contribution in [0.5, 0.6) is 5.75 Å². The van der Waals surface area contributed by atoms with E-state index in [0.29, 0.717) is 25.4 Å². The van der Waals surface area contributed by atoms with E-state index in [4.69, 9.17) is 9.47 Å². The number of aromatic hydroxyl groups is 1. The van der Waals surface area contributed by atoms with Gasteiger partial charge in [-0.15, -0.1) is 0 Å². The van der Waals surface area contributed by atoms with Crippen molar-refractivity contribution in [3.8, 4) is 5.75 Å². The summed E-state index contributed by atoms with van der Waals surface area (Å²) in [5, 5.41) is 11.0. The minimum Gasteiger partial charge on any atom is -0.507 e. The zero-order chi connectivity index (χ0) is 32.6. The Kier molecular flexibility index (Phi) is 16.3. The molecule has 1 aliphatic heterocycles. The molecule has 1 fully saturated rings. The third-order valence-electron chi connectivity index (χ3n) is 9.29. The van der Waals surface area contributed by atoms with Crippen LogP contribution in [0.2, 0.25) is 0 Å². The first-order chi connectivity index (χ1) is 20.8. The van der Waals surface area contributed by atoms with Gasteiger partial charge in [-0.25, -0.2) is 0 Å². The number of hydrogen-bond donors (Lipinski definition) is 1. The van der Waals surface area contributed by atoms with Crippen molar-refractivity contribution in [2.45, 2.75) is 156 Å². The van der Waals surface area contributed by atoms with Gasteiger partial charge in [0.15, 0.2) is 0 Å². The van der Waals surface area contributed by atoms with Gasteiger partial charge in [-0.05, 0) is 33.9 Å². The Hall–Kier alpha value is -2.08. The fourth-order valence-corrected chi connectivity index (χ4v) is 6.43. The van der Waals surface area contributed by atoms with Crippen LogP contribution in [0.25, 0.3) is 0 Å².